The lowest BCUT2D eigenvalue weighted by Crippen LogP contribution is -2.24. The second kappa shape index (κ2) is 8.71. The summed E-state index contributed by atoms with van der Waals surface area (Å²) < 4.78 is 7.49. The number of allylic oxidation sites excluding steroid dienone is 1. The summed E-state index contributed by atoms with van der Waals surface area (Å²) in [6.07, 6.45) is 4.74. The number of nitrogens with zero attached hydrogens (tertiary/aromatic N) is 3. The van der Waals surface area contributed by atoms with E-state index in [0.29, 0.717) is 19.5 Å². The normalized spacial score (nSPS) is 16.3. The summed E-state index contributed by atoms with van der Waals surface area (Å²) in [6, 6.07) is 26.1. The molecule has 1 unspecified atom stereocenters. The van der Waals surface area contributed by atoms with Gasteiger partial charge in [0.15, 0.2) is 0 Å². The molecule has 0 N–H and O–H groups in total. The van der Waals surface area contributed by atoms with Crippen LogP contribution in [0.5, 0.6) is 5.75 Å². The van der Waals surface area contributed by atoms with Gasteiger partial charge in [0.25, 0.3) is 0 Å². The number of aromatic nitrogens is 2. The van der Waals surface area contributed by atoms with E-state index >= 15 is 0 Å². The molecule has 3 aromatic carbocycles. The van der Waals surface area contributed by atoms with Crippen molar-refractivity contribution in [2.45, 2.75) is 18.9 Å². The number of ether oxygens (including phenoxy) is 1. The van der Waals surface area contributed by atoms with Crippen molar-refractivity contribution in [3.05, 3.63) is 96.3 Å². The topological polar surface area (TPSA) is 47.4 Å². The summed E-state index contributed by atoms with van der Waals surface area (Å²) in [7, 11) is 1.64. The molecule has 5 nitrogen and oxygen atoms in total. The lowest BCUT2D eigenvalue weighted by Gasteiger charge is -2.17. The number of para-hydroxylation sites is 2. The third-order valence-corrected chi connectivity index (χ3v) is 5.96. The van der Waals surface area contributed by atoms with Crippen LogP contribution in [0.1, 0.15) is 23.7 Å². The molecule has 1 aliphatic heterocycles. The number of hydrogen-bond donors (Lipinski definition) is 0. The molecule has 1 saturated heterocycles. The molecule has 1 atom stereocenters. The minimum absolute atomic E-state index is 0.0436. The number of imidazole rings is 1. The summed E-state index contributed by atoms with van der Waals surface area (Å²) in [5, 5.41) is 0. The van der Waals surface area contributed by atoms with Crippen LogP contribution in [0.15, 0.2) is 84.9 Å². The number of benzene rings is 3. The van der Waals surface area contributed by atoms with Crippen LogP contribution in [0.4, 0.5) is 5.69 Å². The van der Waals surface area contributed by atoms with Crippen LogP contribution in [0.3, 0.4) is 0 Å². The van der Waals surface area contributed by atoms with Gasteiger partial charge >= 0.3 is 0 Å². The van der Waals surface area contributed by atoms with E-state index in [1.807, 2.05) is 65.6 Å². The molecule has 0 bridgehead atoms. The zero-order chi connectivity index (χ0) is 21.9. The van der Waals surface area contributed by atoms with Crippen molar-refractivity contribution in [3.8, 4) is 5.75 Å². The van der Waals surface area contributed by atoms with Crippen molar-refractivity contribution in [2.24, 2.45) is 0 Å². The Morgan fingerprint density at radius 3 is 2.53 bits per heavy atom. The minimum atomic E-state index is 0.0436. The van der Waals surface area contributed by atoms with E-state index in [4.69, 9.17) is 9.72 Å². The predicted molar refractivity (Wildman–Crippen MR) is 128 cm³/mol. The van der Waals surface area contributed by atoms with Gasteiger partial charge in [-0.3, -0.25) is 4.79 Å². The van der Waals surface area contributed by atoms with Gasteiger partial charge in [0.2, 0.25) is 5.91 Å². The molecule has 0 radical (unpaired) electrons. The van der Waals surface area contributed by atoms with Crippen LogP contribution < -0.4 is 9.64 Å². The Hall–Kier alpha value is -3.86. The smallest absolute Gasteiger partial charge is 0.227 e. The largest absolute Gasteiger partial charge is 0.497 e. The molecule has 4 aromatic rings. The number of hydrogen-bond acceptors (Lipinski definition) is 3. The highest BCUT2D eigenvalue weighted by molar-refractivity contribution is 5.96. The fraction of sp³-hybridized carbons (Fsp3) is 0.185. The van der Waals surface area contributed by atoms with Gasteiger partial charge in [-0.05, 0) is 42.0 Å². The highest BCUT2D eigenvalue weighted by Gasteiger charge is 2.34. The second-order valence-corrected chi connectivity index (χ2v) is 7.99. The molecule has 160 valence electrons. The lowest BCUT2D eigenvalue weighted by molar-refractivity contribution is -0.117. The Morgan fingerprint density at radius 1 is 1.00 bits per heavy atom. The Kier molecular flexibility index (Phi) is 5.46. The average Bonchev–Trinajstić information content (AvgIpc) is 3.40. The average molecular weight is 424 g/mol. The van der Waals surface area contributed by atoms with Gasteiger partial charge in [0.05, 0.1) is 18.1 Å². The van der Waals surface area contributed by atoms with E-state index in [9.17, 15) is 4.79 Å². The van der Waals surface area contributed by atoms with Crippen LogP contribution in [0.2, 0.25) is 0 Å². The molecule has 0 spiro atoms. The van der Waals surface area contributed by atoms with Gasteiger partial charge in [-0.2, -0.15) is 0 Å². The van der Waals surface area contributed by atoms with E-state index in [1.54, 1.807) is 7.11 Å². The number of carbonyl (C=O) groups is 1. The molecule has 0 aliphatic carbocycles. The lowest BCUT2D eigenvalue weighted by atomic mass is 10.1. The molecule has 1 aromatic heterocycles. The van der Waals surface area contributed by atoms with Gasteiger partial charge in [0, 0.05) is 31.1 Å². The fourth-order valence-corrected chi connectivity index (χ4v) is 4.35. The van der Waals surface area contributed by atoms with Crippen LogP contribution in [-0.4, -0.2) is 29.1 Å². The zero-order valence-corrected chi connectivity index (χ0v) is 18.0. The quantitative estimate of drug-likeness (QED) is 0.424. The van der Waals surface area contributed by atoms with Crippen molar-refractivity contribution in [1.82, 2.24) is 9.55 Å². The third-order valence-electron chi connectivity index (χ3n) is 5.96. The molecule has 0 saturated carbocycles. The Balaban J connectivity index is 1.44. The van der Waals surface area contributed by atoms with E-state index in [0.717, 1.165) is 28.3 Å². The van der Waals surface area contributed by atoms with Crippen molar-refractivity contribution >= 4 is 28.7 Å². The summed E-state index contributed by atoms with van der Waals surface area (Å²) in [4.78, 5) is 19.7. The van der Waals surface area contributed by atoms with Gasteiger partial charge < -0.3 is 14.2 Å². The van der Waals surface area contributed by atoms with Crippen LogP contribution in [0, 0.1) is 0 Å². The number of fused-ring (bicyclic) bond motifs is 1. The summed E-state index contributed by atoms with van der Waals surface area (Å²) in [5.74, 6) is 1.91. The van der Waals surface area contributed by atoms with E-state index in [2.05, 4.69) is 34.9 Å². The van der Waals surface area contributed by atoms with E-state index in [1.165, 1.54) is 5.56 Å². The van der Waals surface area contributed by atoms with Crippen LogP contribution in [0.25, 0.3) is 17.1 Å². The number of anilines is 1. The van der Waals surface area contributed by atoms with E-state index < -0.39 is 0 Å². The highest BCUT2D eigenvalue weighted by atomic mass is 16.5. The third kappa shape index (κ3) is 3.89. The zero-order valence-electron chi connectivity index (χ0n) is 18.0. The highest BCUT2D eigenvalue weighted by Crippen LogP contribution is 2.33. The van der Waals surface area contributed by atoms with Crippen molar-refractivity contribution in [3.63, 3.8) is 0 Å². The number of rotatable bonds is 6. The SMILES string of the molecule is COc1ccc(N2CC(c3nc4ccccc4n3C/C=C/c3ccccc3)CC2=O)cc1. The first kappa shape index (κ1) is 20.1. The maximum atomic E-state index is 12.9. The van der Waals surface area contributed by atoms with Crippen molar-refractivity contribution < 1.29 is 9.53 Å². The number of carbonyl (C=O) groups excluding carboxylic acids is 1. The number of methoxy groups -OCH3 is 1. The summed E-state index contributed by atoms with van der Waals surface area (Å²) in [5.41, 5.74) is 4.12. The van der Waals surface area contributed by atoms with Gasteiger partial charge in [-0.15, -0.1) is 0 Å². The van der Waals surface area contributed by atoms with Crippen LogP contribution >= 0.6 is 0 Å². The first-order chi connectivity index (χ1) is 15.7. The molecule has 1 fully saturated rings. The molecule has 5 rings (SSSR count). The maximum Gasteiger partial charge on any atom is 0.227 e. The van der Waals surface area contributed by atoms with Gasteiger partial charge in [-0.25, -0.2) is 4.98 Å². The molecule has 1 aliphatic rings. The standard InChI is InChI=1S/C27H25N3O2/c1-32-23-15-13-22(14-16-23)30-19-21(18-26(30)31)27-28-24-11-5-6-12-25(24)29(27)17-7-10-20-8-3-2-4-9-20/h2-16,21H,17-19H2,1H3/b10-7+. The summed E-state index contributed by atoms with van der Waals surface area (Å²) in [6.45, 7) is 1.33. The number of amides is 1. The minimum Gasteiger partial charge on any atom is -0.497 e. The predicted octanol–water partition coefficient (Wildman–Crippen LogP) is 5.28. The molecule has 2 heterocycles. The molecule has 1 amide bonds. The Bertz CT molecular complexity index is 1260. The molecular weight excluding hydrogens is 398 g/mol. The molecule has 5 heteroatoms. The Morgan fingerprint density at radius 2 is 1.75 bits per heavy atom. The Labute approximate surface area is 187 Å². The molecule has 32 heavy (non-hydrogen) atoms. The van der Waals surface area contributed by atoms with Gasteiger partial charge in [0.1, 0.15) is 11.6 Å². The van der Waals surface area contributed by atoms with Crippen molar-refractivity contribution in [1.29, 1.82) is 0 Å². The first-order valence-electron chi connectivity index (χ1n) is 10.8. The van der Waals surface area contributed by atoms with Crippen LogP contribution in [-0.2, 0) is 11.3 Å². The maximum absolute atomic E-state index is 12.9. The fourth-order valence-electron chi connectivity index (χ4n) is 4.35. The molecular formula is C27H25N3O2. The van der Waals surface area contributed by atoms with E-state index in [-0.39, 0.29) is 11.8 Å². The van der Waals surface area contributed by atoms with Gasteiger partial charge in [-0.1, -0.05) is 54.6 Å². The first-order valence-corrected chi connectivity index (χ1v) is 10.8. The summed E-state index contributed by atoms with van der Waals surface area (Å²) >= 11 is 0. The monoisotopic (exact) mass is 423 g/mol. The van der Waals surface area contributed by atoms with Crippen molar-refractivity contribution in [2.75, 3.05) is 18.6 Å². The second-order valence-electron chi connectivity index (χ2n) is 7.99.